The average molecular weight is 1300 g/mol. The molecule has 8 aliphatic heterocycles. The highest BCUT2D eigenvalue weighted by atomic mass is 31.1. The molecule has 1 spiro atoms. The summed E-state index contributed by atoms with van der Waals surface area (Å²) in [5.74, 6) is -12.9. The van der Waals surface area contributed by atoms with Crippen LogP contribution in [0.4, 0.5) is 5.69 Å². The van der Waals surface area contributed by atoms with E-state index < -0.39 is 169 Å². The lowest BCUT2D eigenvalue weighted by Crippen LogP contribution is -2.67. The summed E-state index contributed by atoms with van der Waals surface area (Å²) in [5.41, 5.74) is -2.53. The molecule has 2 saturated heterocycles. The number of esters is 1. The normalized spacial score (nSPS) is 27.5. The number of phenols is 2. The second-order valence-electron chi connectivity index (χ2n) is 25.5. The Bertz CT molecular complexity index is 3540. The van der Waals surface area contributed by atoms with Crippen LogP contribution in [-0.2, 0) is 62.1 Å². The number of piperidine rings is 1. The van der Waals surface area contributed by atoms with Gasteiger partial charge in [0.2, 0.25) is 23.6 Å². The molecule has 0 aliphatic carbocycles. The van der Waals surface area contributed by atoms with Gasteiger partial charge in [-0.2, -0.15) is 0 Å². The van der Waals surface area contributed by atoms with Gasteiger partial charge < -0.3 is 75.3 Å². The fraction of sp³-hybridized carbons (Fsp3) is 0.585. The second kappa shape index (κ2) is 29.5. The van der Waals surface area contributed by atoms with E-state index in [0.29, 0.717) is 38.1 Å². The van der Waals surface area contributed by atoms with Crippen LogP contribution in [-0.4, -0.2) is 192 Å². The van der Waals surface area contributed by atoms with Crippen LogP contribution in [0.25, 0.3) is 10.8 Å². The van der Waals surface area contributed by atoms with Crippen LogP contribution in [0.5, 0.6) is 17.2 Å². The molecule has 2 aromatic rings. The average Bonchev–Trinajstić information content (AvgIpc) is 1.49. The number of benzene rings is 2. The molecule has 2 aromatic carbocycles. The monoisotopic (exact) mass is 1300 g/mol. The summed E-state index contributed by atoms with van der Waals surface area (Å²) in [6.45, 7) is 20.0. The van der Waals surface area contributed by atoms with Crippen molar-refractivity contribution < 1.29 is 86.9 Å². The number of nitrogens with zero attached hydrogens (tertiary/aromatic N) is 3. The van der Waals surface area contributed by atoms with Crippen molar-refractivity contribution in [1.82, 2.24) is 26.2 Å². The molecule has 26 nitrogen and oxygen atoms in total. The lowest BCUT2D eigenvalue weighted by atomic mass is 9.68. The highest BCUT2D eigenvalue weighted by Crippen LogP contribution is 2.52. The van der Waals surface area contributed by atoms with Gasteiger partial charge in [-0.3, -0.25) is 48.1 Å². The molecule has 27 heteroatoms. The van der Waals surface area contributed by atoms with Crippen molar-refractivity contribution in [2.45, 2.75) is 149 Å². The quantitative estimate of drug-likeness (QED) is 0.0310. The summed E-state index contributed by atoms with van der Waals surface area (Å²) < 4.78 is 30.9. The van der Waals surface area contributed by atoms with E-state index in [2.05, 4.69) is 56.6 Å². The van der Waals surface area contributed by atoms with Gasteiger partial charge in [0.15, 0.2) is 17.1 Å². The Balaban J connectivity index is 1.23. The smallest absolute Gasteiger partial charge is 0.312 e. The van der Waals surface area contributed by atoms with Gasteiger partial charge in [-0.25, -0.2) is 4.99 Å². The van der Waals surface area contributed by atoms with Crippen molar-refractivity contribution in [2.75, 3.05) is 64.5 Å². The minimum absolute atomic E-state index is 0.00183. The summed E-state index contributed by atoms with van der Waals surface area (Å²) in [5, 5.41) is 49.8. The maximum absolute atomic E-state index is 15.0. The van der Waals surface area contributed by atoms with E-state index in [1.165, 1.54) is 72.3 Å². The first-order valence-electron chi connectivity index (χ1n) is 30.9. The number of carbonyl (C=O) groups is 10. The Morgan fingerprint density at radius 3 is 2.20 bits per heavy atom. The summed E-state index contributed by atoms with van der Waals surface area (Å²) >= 11 is 0. The third kappa shape index (κ3) is 15.3. The fourth-order valence-corrected chi connectivity index (χ4v) is 13.6. The predicted molar refractivity (Wildman–Crippen MR) is 340 cm³/mol. The van der Waals surface area contributed by atoms with Crippen molar-refractivity contribution in [2.24, 2.45) is 45.5 Å². The maximum atomic E-state index is 15.0. The molecule has 500 valence electrons. The largest absolute Gasteiger partial charge is 0.507 e. The summed E-state index contributed by atoms with van der Waals surface area (Å²) in [6.07, 6.45) is 8.11. The van der Waals surface area contributed by atoms with Crippen molar-refractivity contribution in [3.8, 4) is 17.2 Å². The van der Waals surface area contributed by atoms with Crippen molar-refractivity contribution >= 4 is 89.4 Å². The molecule has 92 heavy (non-hydrogen) atoms. The zero-order valence-electron chi connectivity index (χ0n) is 54.6. The van der Waals surface area contributed by atoms with E-state index in [1.807, 2.05) is 0 Å². The Hall–Kier alpha value is -7.77. The first-order chi connectivity index (χ1) is 43.2. The van der Waals surface area contributed by atoms with Gasteiger partial charge >= 0.3 is 11.8 Å². The molecule has 13 unspecified atom stereocenters. The minimum atomic E-state index is -2.05. The molecule has 13 atom stereocenters. The molecule has 10 rings (SSSR count). The SMILES string of the molecule is C=[P+](C)CC(NC(=O)CNC(=O)CCC(C=O)C(C)=O)C(=O)NCC(=O)NCC(=O)C12C=C/C=C(/C)C(=O)N=c3c(O)c4c(O)c(C)c5c(c4c4c3=NC3(CCN(CC(C)C)CC3)N4)C(=O)C(C)(OC=CC(OC)C(C)C(OC(C)=O)C(C)C(O)C(C)C(O1)C2C)O5. The number of carbonyl (C=O) groups excluding carboxylic acids is 10. The summed E-state index contributed by atoms with van der Waals surface area (Å²) in [4.78, 5) is 144. The number of ketones is 3. The molecular formula is C65H88N8O18P+. The number of methoxy groups -OCH3 is 1. The molecule has 2 fully saturated rings. The van der Waals surface area contributed by atoms with Gasteiger partial charge in [-0.15, -0.1) is 0 Å². The number of ether oxygens (including phenoxy) is 5. The number of rotatable bonds is 20. The van der Waals surface area contributed by atoms with E-state index in [9.17, 15) is 58.5 Å². The molecule has 8 aliphatic rings. The first-order valence-corrected chi connectivity index (χ1v) is 33.1. The Morgan fingerprint density at radius 1 is 0.924 bits per heavy atom. The van der Waals surface area contributed by atoms with Gasteiger partial charge in [0, 0.05) is 100 Å². The van der Waals surface area contributed by atoms with Crippen LogP contribution < -0.4 is 42.0 Å². The molecule has 0 aromatic heterocycles. The number of hydrogen-bond donors (Lipinski definition) is 8. The number of nitrogens with one attached hydrogen (secondary N) is 5. The Kier molecular flexibility index (Phi) is 22.9. The summed E-state index contributed by atoms with van der Waals surface area (Å²) in [6, 6.07) is -1.17. The van der Waals surface area contributed by atoms with E-state index in [4.69, 9.17) is 28.7 Å². The van der Waals surface area contributed by atoms with Gasteiger partial charge in [-0.1, -0.05) is 53.7 Å². The molecule has 8 N–H and O–H groups in total. The Labute approximate surface area is 535 Å². The zero-order chi connectivity index (χ0) is 68.1. The number of amides is 5. The number of aldehydes is 1. The van der Waals surface area contributed by atoms with Gasteiger partial charge in [0.05, 0.1) is 87.3 Å². The van der Waals surface area contributed by atoms with Crippen molar-refractivity contribution in [1.29, 1.82) is 0 Å². The van der Waals surface area contributed by atoms with Crippen LogP contribution in [0.2, 0.25) is 0 Å². The third-order valence-electron chi connectivity index (χ3n) is 18.1. The van der Waals surface area contributed by atoms with Crippen LogP contribution in [0.15, 0.2) is 46.1 Å². The molecular weight excluding hydrogens is 1210 g/mol. The topological polar surface area (TPSA) is 366 Å². The predicted octanol–water partition coefficient (Wildman–Crippen LogP) is 2.66. The molecule has 5 amide bonds. The fourth-order valence-electron chi connectivity index (χ4n) is 12.7. The lowest BCUT2D eigenvalue weighted by Gasteiger charge is -2.54. The first kappa shape index (κ1) is 71.7. The number of likely N-dealkylation sites (tertiary alicyclic amines) is 1. The Morgan fingerprint density at radius 2 is 1.59 bits per heavy atom. The number of aliphatic hydroxyl groups is 1. The number of allylic oxidation sites excluding steroid dienone is 2. The molecule has 0 saturated carbocycles. The molecule has 8 heterocycles. The van der Waals surface area contributed by atoms with E-state index in [-0.39, 0.29) is 68.6 Å². The van der Waals surface area contributed by atoms with Gasteiger partial charge in [-0.05, 0) is 45.3 Å². The lowest BCUT2D eigenvalue weighted by molar-refractivity contribution is -0.249. The highest BCUT2D eigenvalue weighted by molar-refractivity contribution is 7.55. The molecule has 0 radical (unpaired) electrons. The van der Waals surface area contributed by atoms with E-state index in [0.717, 1.165) is 6.54 Å². The summed E-state index contributed by atoms with van der Waals surface area (Å²) in [7, 11) is 0.383. The number of Topliss-reactive ketones (excluding diaryl/α,β-unsaturated/α-hetero) is 3. The maximum Gasteiger partial charge on any atom is 0.312 e. The standard InChI is InChI=1S/C65H87N8O18P/c1-32(2)29-73-23-21-64(22-24-73)71-51-48-49-55(82)37(7)59-50(48)60(84)63(11,90-59)88-25-19-43(87-12)34(4)57(89-40(10)76)35(5)54(81)36(6)58-38(8)65(91-58,20-15-16-33(3)61(85)70-53(56(49)83)52(51)72-64)44(77)26-66-46(79)27-68-62(86)42(31-92(13)14)69-47(80)28-67-45(78)18-17-41(30-74)39(9)75/h15-16,19-20,25,30,32,34-36,38,41-43,54,57-58,81H,13,17-18,21-24,26-29,31H2,1-12,14H3,(H6-,66,67,68,69,70,71,72,78,79,80,82,83,84,85,86)/p+1/b20-15?,25-19?,33-16-. The van der Waals surface area contributed by atoms with Crippen molar-refractivity contribution in [3.05, 3.63) is 58.0 Å². The third-order valence-corrected chi connectivity index (χ3v) is 19.0. The second-order valence-corrected chi connectivity index (χ2v) is 27.6. The van der Waals surface area contributed by atoms with Gasteiger partial charge in [0.1, 0.15) is 58.3 Å². The van der Waals surface area contributed by atoms with Gasteiger partial charge in [0.25, 0.3) is 11.7 Å². The zero-order valence-corrected chi connectivity index (χ0v) is 55.4. The van der Waals surface area contributed by atoms with Crippen molar-refractivity contribution in [3.63, 3.8) is 0 Å². The number of phenolic OH excluding ortho intramolecular Hbond substituents is 2. The van der Waals surface area contributed by atoms with Crippen LogP contribution in [0, 0.1) is 42.4 Å². The van der Waals surface area contributed by atoms with E-state index >= 15 is 4.79 Å². The number of aliphatic hydroxyl groups excluding tert-OH is 1. The van der Waals surface area contributed by atoms with Crippen LogP contribution in [0.1, 0.15) is 111 Å². The minimum Gasteiger partial charge on any atom is -0.507 e. The molecule has 7 bridgehead atoms. The number of aromatic hydroxyl groups is 2. The van der Waals surface area contributed by atoms with Crippen LogP contribution in [0.3, 0.4) is 0 Å². The van der Waals surface area contributed by atoms with Crippen LogP contribution >= 0.6 is 7.55 Å². The number of anilines is 1. The van der Waals surface area contributed by atoms with E-state index in [1.54, 1.807) is 34.4 Å². The highest BCUT2D eigenvalue weighted by Gasteiger charge is 2.59. The number of hydrogen-bond acceptors (Lipinski definition) is 21.